The molecule has 0 saturated heterocycles. The summed E-state index contributed by atoms with van der Waals surface area (Å²) >= 11 is 6.78. The van der Waals surface area contributed by atoms with Gasteiger partial charge in [0.1, 0.15) is 11.5 Å². The highest BCUT2D eigenvalue weighted by Crippen LogP contribution is 2.37. The quantitative estimate of drug-likeness (QED) is 0.793. The minimum atomic E-state index is 0.358. The fraction of sp³-hybridized carbons (Fsp3) is 0.0769. The standard InChI is InChI=1S/C13H8Br2N2O2/c1-18-11-5-10(15)12(6-9(11)14)19-13-4-8(7-16)2-3-17-13/h2-6H,1H3. The molecule has 0 aliphatic heterocycles. The number of hydrogen-bond donors (Lipinski definition) is 0. The van der Waals surface area contributed by atoms with Crippen molar-refractivity contribution in [3.05, 3.63) is 45.0 Å². The van der Waals surface area contributed by atoms with E-state index in [-0.39, 0.29) is 0 Å². The summed E-state index contributed by atoms with van der Waals surface area (Å²) in [6.07, 6.45) is 1.53. The first-order chi connectivity index (χ1) is 9.13. The molecule has 0 aliphatic rings. The lowest BCUT2D eigenvalue weighted by Crippen LogP contribution is -1.91. The average molecular weight is 384 g/mol. The third kappa shape index (κ3) is 3.25. The zero-order valence-electron chi connectivity index (χ0n) is 9.85. The van der Waals surface area contributed by atoms with Crippen LogP contribution in [0.25, 0.3) is 0 Å². The van der Waals surface area contributed by atoms with Crippen LogP contribution in [0.15, 0.2) is 39.4 Å². The normalized spacial score (nSPS) is 9.79. The molecular formula is C13H8Br2N2O2. The van der Waals surface area contributed by atoms with Gasteiger partial charge in [-0.2, -0.15) is 5.26 Å². The number of halogens is 2. The van der Waals surface area contributed by atoms with Crippen LogP contribution in [-0.4, -0.2) is 12.1 Å². The highest BCUT2D eigenvalue weighted by atomic mass is 79.9. The van der Waals surface area contributed by atoms with Crippen LogP contribution in [0.3, 0.4) is 0 Å². The Morgan fingerprint density at radius 3 is 2.53 bits per heavy atom. The molecule has 0 spiro atoms. The van der Waals surface area contributed by atoms with Gasteiger partial charge in [0.2, 0.25) is 5.88 Å². The molecule has 2 aromatic rings. The molecule has 4 nitrogen and oxygen atoms in total. The van der Waals surface area contributed by atoms with Gasteiger partial charge in [-0.05, 0) is 50.1 Å². The van der Waals surface area contributed by atoms with Crippen LogP contribution in [0.1, 0.15) is 5.56 Å². The summed E-state index contributed by atoms with van der Waals surface area (Å²) in [5, 5.41) is 8.83. The van der Waals surface area contributed by atoms with E-state index in [1.165, 1.54) is 6.20 Å². The van der Waals surface area contributed by atoms with E-state index < -0.39 is 0 Å². The molecule has 0 amide bonds. The summed E-state index contributed by atoms with van der Waals surface area (Å²) in [5.74, 6) is 1.63. The number of nitrogens with zero attached hydrogens (tertiary/aromatic N) is 2. The van der Waals surface area contributed by atoms with Gasteiger partial charge in [0.05, 0.1) is 27.7 Å². The molecule has 1 aromatic heterocycles. The topological polar surface area (TPSA) is 55.1 Å². The minimum Gasteiger partial charge on any atom is -0.496 e. The van der Waals surface area contributed by atoms with Crippen molar-refractivity contribution in [3.63, 3.8) is 0 Å². The van der Waals surface area contributed by atoms with Crippen LogP contribution in [0, 0.1) is 11.3 Å². The Kier molecular flexibility index (Phi) is 4.40. The second-order valence-corrected chi connectivity index (χ2v) is 5.22. The van der Waals surface area contributed by atoms with Gasteiger partial charge in [-0.25, -0.2) is 4.98 Å². The Labute approximate surface area is 127 Å². The van der Waals surface area contributed by atoms with E-state index in [2.05, 4.69) is 36.8 Å². The van der Waals surface area contributed by atoms with Gasteiger partial charge in [0.15, 0.2) is 0 Å². The Bertz CT molecular complexity index is 654. The Morgan fingerprint density at radius 2 is 1.84 bits per heavy atom. The third-order valence-electron chi connectivity index (χ3n) is 2.28. The van der Waals surface area contributed by atoms with Crippen LogP contribution in [0.5, 0.6) is 17.4 Å². The number of methoxy groups -OCH3 is 1. The lowest BCUT2D eigenvalue weighted by atomic mass is 10.3. The van der Waals surface area contributed by atoms with Crippen molar-refractivity contribution in [3.8, 4) is 23.4 Å². The first-order valence-electron chi connectivity index (χ1n) is 5.21. The molecule has 0 aliphatic carbocycles. The summed E-state index contributed by atoms with van der Waals surface area (Å²) in [7, 11) is 1.59. The number of nitriles is 1. The summed E-state index contributed by atoms with van der Waals surface area (Å²) in [5.41, 5.74) is 0.494. The van der Waals surface area contributed by atoms with Crippen molar-refractivity contribution in [2.24, 2.45) is 0 Å². The molecule has 1 aromatic carbocycles. The van der Waals surface area contributed by atoms with E-state index >= 15 is 0 Å². The van der Waals surface area contributed by atoms with Crippen molar-refractivity contribution >= 4 is 31.9 Å². The van der Waals surface area contributed by atoms with E-state index in [0.29, 0.717) is 22.9 Å². The van der Waals surface area contributed by atoms with Crippen LogP contribution in [0.2, 0.25) is 0 Å². The van der Waals surface area contributed by atoms with Gasteiger partial charge in [0.25, 0.3) is 0 Å². The predicted octanol–water partition coefficient (Wildman–Crippen LogP) is 4.28. The third-order valence-corrected chi connectivity index (χ3v) is 3.52. The predicted molar refractivity (Wildman–Crippen MR) is 77.4 cm³/mol. The van der Waals surface area contributed by atoms with Crippen molar-refractivity contribution in [2.75, 3.05) is 7.11 Å². The van der Waals surface area contributed by atoms with Crippen molar-refractivity contribution in [1.29, 1.82) is 5.26 Å². The number of ether oxygens (including phenoxy) is 2. The van der Waals surface area contributed by atoms with Crippen LogP contribution >= 0.6 is 31.9 Å². The van der Waals surface area contributed by atoms with Crippen LogP contribution < -0.4 is 9.47 Å². The molecule has 0 fully saturated rings. The Balaban J connectivity index is 2.33. The number of aromatic nitrogens is 1. The molecule has 0 N–H and O–H groups in total. The van der Waals surface area contributed by atoms with Gasteiger partial charge in [0, 0.05) is 12.3 Å². The summed E-state index contributed by atoms with van der Waals surface area (Å²) in [6, 6.07) is 8.78. The van der Waals surface area contributed by atoms with Gasteiger partial charge in [-0.15, -0.1) is 0 Å². The second kappa shape index (κ2) is 6.04. The van der Waals surface area contributed by atoms with Crippen LogP contribution in [-0.2, 0) is 0 Å². The van der Waals surface area contributed by atoms with E-state index in [4.69, 9.17) is 14.7 Å². The molecule has 0 bridgehead atoms. The molecule has 6 heteroatoms. The van der Waals surface area contributed by atoms with E-state index in [1.54, 1.807) is 31.4 Å². The summed E-state index contributed by atoms with van der Waals surface area (Å²) < 4.78 is 12.3. The van der Waals surface area contributed by atoms with E-state index in [0.717, 1.165) is 8.95 Å². The van der Waals surface area contributed by atoms with E-state index in [1.807, 2.05) is 6.07 Å². The van der Waals surface area contributed by atoms with Gasteiger partial charge in [-0.3, -0.25) is 0 Å². The fourth-order valence-electron chi connectivity index (χ4n) is 1.39. The zero-order valence-corrected chi connectivity index (χ0v) is 13.0. The number of hydrogen-bond acceptors (Lipinski definition) is 4. The molecule has 96 valence electrons. The van der Waals surface area contributed by atoms with Crippen molar-refractivity contribution in [2.45, 2.75) is 0 Å². The van der Waals surface area contributed by atoms with Gasteiger partial charge >= 0.3 is 0 Å². The lowest BCUT2D eigenvalue weighted by molar-refractivity contribution is 0.408. The van der Waals surface area contributed by atoms with Gasteiger partial charge < -0.3 is 9.47 Å². The highest BCUT2D eigenvalue weighted by Gasteiger charge is 2.10. The first kappa shape index (κ1) is 13.8. The molecule has 0 saturated carbocycles. The second-order valence-electron chi connectivity index (χ2n) is 3.51. The summed E-state index contributed by atoms with van der Waals surface area (Å²) in [6.45, 7) is 0. The molecular weight excluding hydrogens is 376 g/mol. The Morgan fingerprint density at radius 1 is 1.16 bits per heavy atom. The smallest absolute Gasteiger partial charge is 0.220 e. The zero-order chi connectivity index (χ0) is 13.8. The van der Waals surface area contributed by atoms with Crippen LogP contribution in [0.4, 0.5) is 0 Å². The lowest BCUT2D eigenvalue weighted by Gasteiger charge is -2.10. The minimum absolute atomic E-state index is 0.358. The molecule has 0 unspecified atom stereocenters. The molecule has 19 heavy (non-hydrogen) atoms. The number of pyridine rings is 1. The first-order valence-corrected chi connectivity index (χ1v) is 6.79. The van der Waals surface area contributed by atoms with Crippen molar-refractivity contribution < 1.29 is 9.47 Å². The largest absolute Gasteiger partial charge is 0.496 e. The average Bonchev–Trinajstić information content (AvgIpc) is 2.42. The molecule has 2 rings (SSSR count). The maximum Gasteiger partial charge on any atom is 0.220 e. The summed E-state index contributed by atoms with van der Waals surface area (Å²) in [4.78, 5) is 4.06. The SMILES string of the molecule is COc1cc(Br)c(Oc2cc(C#N)ccn2)cc1Br. The maximum atomic E-state index is 8.83. The van der Waals surface area contributed by atoms with Crippen molar-refractivity contribution in [1.82, 2.24) is 4.98 Å². The number of rotatable bonds is 3. The van der Waals surface area contributed by atoms with E-state index in [9.17, 15) is 0 Å². The number of benzene rings is 1. The maximum absolute atomic E-state index is 8.83. The van der Waals surface area contributed by atoms with Gasteiger partial charge in [-0.1, -0.05) is 0 Å². The molecule has 1 heterocycles. The Hall–Kier alpha value is -1.58. The fourth-order valence-corrected chi connectivity index (χ4v) is 2.28. The monoisotopic (exact) mass is 382 g/mol. The molecule has 0 atom stereocenters. The molecule has 0 radical (unpaired) electrons. The highest BCUT2D eigenvalue weighted by molar-refractivity contribution is 9.11.